The van der Waals surface area contributed by atoms with E-state index < -0.39 is 11.5 Å². The first-order valence-electron chi connectivity index (χ1n) is 10.9. The average Bonchev–Trinajstić information content (AvgIpc) is 3.71. The predicted octanol–water partition coefficient (Wildman–Crippen LogP) is 3.40. The van der Waals surface area contributed by atoms with Gasteiger partial charge in [0.15, 0.2) is 11.4 Å². The molecular weight excluding hydrogens is 460 g/mol. The van der Waals surface area contributed by atoms with Crippen molar-refractivity contribution in [3.8, 4) is 5.88 Å². The Kier molecular flexibility index (Phi) is 5.84. The lowest BCUT2D eigenvalue weighted by Crippen LogP contribution is -2.42. The Bertz CT molecular complexity index is 1230. The number of nitrogens with one attached hydrogen (secondary N) is 1. The number of hydrogen-bond acceptors (Lipinski definition) is 9. The van der Waals surface area contributed by atoms with Crippen molar-refractivity contribution in [2.45, 2.75) is 62.3 Å². The van der Waals surface area contributed by atoms with Gasteiger partial charge in [-0.3, -0.25) is 9.59 Å². The number of ether oxygens (including phenoxy) is 1. The first-order chi connectivity index (χ1) is 15.8. The Hall–Kier alpha value is -2.56. The lowest BCUT2D eigenvalue weighted by atomic mass is 10.0. The molecule has 0 radical (unpaired) electrons. The third-order valence-electron chi connectivity index (χ3n) is 5.46. The Morgan fingerprint density at radius 1 is 1.18 bits per heavy atom. The minimum atomic E-state index is -1.67. The van der Waals surface area contributed by atoms with Gasteiger partial charge < -0.3 is 15.2 Å². The second-order valence-corrected chi connectivity index (χ2v) is 10.7. The van der Waals surface area contributed by atoms with Gasteiger partial charge in [0.05, 0.1) is 16.1 Å². The first-order valence-corrected chi connectivity index (χ1v) is 12.7. The molecule has 3 aromatic rings. The molecule has 2 N–H and O–H groups in total. The summed E-state index contributed by atoms with van der Waals surface area (Å²) in [4.78, 5) is 39.7. The molecule has 2 saturated carbocycles. The number of amides is 1. The first kappa shape index (κ1) is 22.2. The summed E-state index contributed by atoms with van der Waals surface area (Å²) in [6.07, 6.45) is 4.19. The second kappa shape index (κ2) is 8.66. The molecule has 0 spiro atoms. The number of aromatic nitrogens is 3. The zero-order chi connectivity index (χ0) is 23.2. The number of nitrogens with zero attached hydrogens (tertiary/aromatic N) is 3. The van der Waals surface area contributed by atoms with Crippen LogP contribution in [0.5, 0.6) is 5.88 Å². The smallest absolute Gasteiger partial charge is 0.257 e. The highest BCUT2D eigenvalue weighted by atomic mass is 32.2. The van der Waals surface area contributed by atoms with Gasteiger partial charge in [0.25, 0.3) is 5.91 Å². The number of Topliss-reactive ketones (excluding diaryl/α,β-unsaturated/α-hetero) is 1. The summed E-state index contributed by atoms with van der Waals surface area (Å²) in [6.45, 7) is 3.27. The Labute approximate surface area is 199 Å². The highest BCUT2D eigenvalue weighted by Gasteiger charge is 2.37. The fourth-order valence-corrected chi connectivity index (χ4v) is 5.21. The predicted molar refractivity (Wildman–Crippen MR) is 126 cm³/mol. The number of aliphatic hydroxyl groups is 1. The van der Waals surface area contributed by atoms with Crippen molar-refractivity contribution in [1.82, 2.24) is 20.3 Å². The molecule has 3 aromatic heterocycles. The number of pyridine rings is 1. The van der Waals surface area contributed by atoms with E-state index in [9.17, 15) is 14.7 Å². The maximum atomic E-state index is 12.9. The zero-order valence-electron chi connectivity index (χ0n) is 18.3. The van der Waals surface area contributed by atoms with Gasteiger partial charge in [-0.05, 0) is 57.7 Å². The Morgan fingerprint density at radius 3 is 2.70 bits per heavy atom. The summed E-state index contributed by atoms with van der Waals surface area (Å²) < 4.78 is 5.80. The van der Waals surface area contributed by atoms with Crippen LogP contribution in [0.25, 0.3) is 11.0 Å². The van der Waals surface area contributed by atoms with Gasteiger partial charge in [0.1, 0.15) is 22.5 Å². The largest absolute Gasteiger partial charge is 0.474 e. The van der Waals surface area contributed by atoms with Crippen molar-refractivity contribution in [2.24, 2.45) is 0 Å². The highest BCUT2D eigenvalue weighted by molar-refractivity contribution is 8.00. The maximum absolute atomic E-state index is 12.9. The number of carbonyl (C=O) groups excluding carboxylic acids is 2. The monoisotopic (exact) mass is 484 g/mol. The molecule has 1 atom stereocenters. The van der Waals surface area contributed by atoms with E-state index in [4.69, 9.17) is 4.74 Å². The zero-order valence-corrected chi connectivity index (χ0v) is 20.0. The van der Waals surface area contributed by atoms with Crippen LogP contribution in [0, 0.1) is 6.92 Å². The minimum Gasteiger partial charge on any atom is -0.474 e. The fraction of sp³-hybridized carbons (Fsp3) is 0.435. The van der Waals surface area contributed by atoms with E-state index in [0.29, 0.717) is 37.5 Å². The van der Waals surface area contributed by atoms with E-state index in [0.717, 1.165) is 37.0 Å². The average molecular weight is 485 g/mol. The van der Waals surface area contributed by atoms with Crippen molar-refractivity contribution >= 4 is 45.8 Å². The van der Waals surface area contributed by atoms with E-state index in [2.05, 4.69) is 20.3 Å². The van der Waals surface area contributed by atoms with E-state index >= 15 is 0 Å². The van der Waals surface area contributed by atoms with Crippen molar-refractivity contribution in [3.63, 3.8) is 0 Å². The van der Waals surface area contributed by atoms with Gasteiger partial charge in [-0.2, -0.15) is 0 Å². The molecule has 0 unspecified atom stereocenters. The van der Waals surface area contributed by atoms with Crippen LogP contribution in [0.3, 0.4) is 0 Å². The van der Waals surface area contributed by atoms with Gasteiger partial charge >= 0.3 is 0 Å². The van der Waals surface area contributed by atoms with Gasteiger partial charge in [-0.1, -0.05) is 11.8 Å². The number of fused-ring (bicyclic) bond motifs is 1. The molecule has 2 aliphatic carbocycles. The number of carbonyl (C=O) groups is 2. The van der Waals surface area contributed by atoms with Crippen LogP contribution < -0.4 is 10.1 Å². The van der Waals surface area contributed by atoms with E-state index in [-0.39, 0.29) is 23.7 Å². The van der Waals surface area contributed by atoms with Crippen LogP contribution in [-0.4, -0.2) is 49.6 Å². The summed E-state index contributed by atoms with van der Waals surface area (Å²) in [5.74, 6) is 0.756. The summed E-state index contributed by atoms with van der Waals surface area (Å²) in [5.41, 5.74) is -0.347. The molecule has 10 heteroatoms. The molecule has 0 aliphatic heterocycles. The lowest BCUT2D eigenvalue weighted by molar-refractivity contribution is -0.138. The van der Waals surface area contributed by atoms with Crippen LogP contribution >= 0.6 is 23.1 Å². The molecule has 0 saturated heterocycles. The topological polar surface area (TPSA) is 114 Å². The number of rotatable bonds is 9. The number of ketones is 1. The third kappa shape index (κ3) is 5.02. The van der Waals surface area contributed by atoms with Crippen LogP contribution in [0.4, 0.5) is 0 Å². The van der Waals surface area contributed by atoms with Gasteiger partial charge in [-0.25, -0.2) is 15.0 Å². The molecule has 1 amide bonds. The van der Waals surface area contributed by atoms with Crippen molar-refractivity contribution in [1.29, 1.82) is 0 Å². The van der Waals surface area contributed by atoms with Crippen LogP contribution in [0.1, 0.15) is 53.0 Å². The SMILES string of the molecule is Cc1nc(SCC(=O)c2ccc([C@@](C)(O)C(=O)NC3CC3)s2)c2nc(OC3CC3)ccc2n1. The Balaban J connectivity index is 1.30. The maximum Gasteiger partial charge on any atom is 0.257 e. The van der Waals surface area contributed by atoms with E-state index in [1.54, 1.807) is 19.1 Å². The number of hydrogen-bond donors (Lipinski definition) is 2. The van der Waals surface area contributed by atoms with Gasteiger partial charge in [0.2, 0.25) is 5.88 Å². The van der Waals surface area contributed by atoms with Crippen molar-refractivity contribution < 1.29 is 19.4 Å². The number of aryl methyl sites for hydroxylation is 1. The summed E-state index contributed by atoms with van der Waals surface area (Å²) in [7, 11) is 0. The normalized spacial score (nSPS) is 17.5. The Morgan fingerprint density at radius 2 is 1.97 bits per heavy atom. The van der Waals surface area contributed by atoms with Crippen LogP contribution in [0.2, 0.25) is 0 Å². The molecule has 8 nitrogen and oxygen atoms in total. The molecule has 5 rings (SSSR count). The highest BCUT2D eigenvalue weighted by Crippen LogP contribution is 2.33. The molecule has 3 heterocycles. The van der Waals surface area contributed by atoms with E-state index in [1.807, 2.05) is 12.1 Å². The van der Waals surface area contributed by atoms with E-state index in [1.165, 1.54) is 18.7 Å². The lowest BCUT2D eigenvalue weighted by Gasteiger charge is -2.20. The summed E-state index contributed by atoms with van der Waals surface area (Å²) >= 11 is 2.44. The standard InChI is InChI=1S/C23H24N4O4S2/c1-12-24-15-7-10-19(31-14-5-6-14)27-20(15)21(25-12)32-11-16(28)17-8-9-18(33-17)23(2,30)22(29)26-13-3-4-13/h7-10,13-14,30H,3-6,11H2,1-2H3,(H,26,29)/t23-/m1/s1. The fourth-order valence-electron chi connectivity index (χ4n) is 3.22. The molecular formula is C23H24N4O4S2. The second-order valence-electron chi connectivity index (χ2n) is 8.61. The summed E-state index contributed by atoms with van der Waals surface area (Å²) in [5, 5.41) is 14.2. The quantitative estimate of drug-likeness (QED) is 0.270. The summed E-state index contributed by atoms with van der Waals surface area (Å²) in [6, 6.07) is 7.12. The number of thiophene rings is 1. The molecule has 33 heavy (non-hydrogen) atoms. The minimum absolute atomic E-state index is 0.107. The van der Waals surface area contributed by atoms with Crippen LogP contribution in [0.15, 0.2) is 29.3 Å². The van der Waals surface area contributed by atoms with Gasteiger partial charge in [0, 0.05) is 17.0 Å². The molecule has 2 fully saturated rings. The van der Waals surface area contributed by atoms with Gasteiger partial charge in [-0.15, -0.1) is 11.3 Å². The van der Waals surface area contributed by atoms with Crippen molar-refractivity contribution in [2.75, 3.05) is 5.75 Å². The molecule has 0 aromatic carbocycles. The molecule has 0 bridgehead atoms. The third-order valence-corrected chi connectivity index (χ3v) is 7.77. The number of thioether (sulfide) groups is 1. The van der Waals surface area contributed by atoms with Crippen molar-refractivity contribution in [3.05, 3.63) is 39.8 Å². The molecule has 172 valence electrons. The molecule has 2 aliphatic rings. The van der Waals surface area contributed by atoms with Crippen LogP contribution in [-0.2, 0) is 10.4 Å².